The minimum atomic E-state index is 0.216. The van der Waals surface area contributed by atoms with E-state index < -0.39 is 0 Å². The van der Waals surface area contributed by atoms with E-state index in [1.165, 1.54) is 212 Å². The zero-order valence-corrected chi connectivity index (χ0v) is 28.4. The summed E-state index contributed by atoms with van der Waals surface area (Å²) in [5, 5.41) is 3.68. The van der Waals surface area contributed by atoms with Gasteiger partial charge in [0.2, 0.25) is 0 Å². The smallest absolute Gasteiger partial charge is 0.146 e. The third kappa shape index (κ3) is 37.6. The Hall–Kier alpha value is -0.410. The number of hydrogen-bond acceptors (Lipinski definition) is 3. The van der Waals surface area contributed by atoms with E-state index in [0.717, 1.165) is 6.42 Å². The Bertz CT molecular complexity index is 481. The average molecular weight is 579 g/mol. The molecule has 3 heteroatoms. The van der Waals surface area contributed by atoms with Crippen LogP contribution in [0.2, 0.25) is 0 Å². The highest BCUT2D eigenvalue weighted by molar-refractivity contribution is 5.80. The Morgan fingerprint density at radius 1 is 0.390 bits per heavy atom. The van der Waals surface area contributed by atoms with Crippen LogP contribution < -0.4 is 11.1 Å². The summed E-state index contributed by atoms with van der Waals surface area (Å²) < 4.78 is 0. The molecule has 0 aliphatic heterocycles. The zero-order chi connectivity index (χ0) is 29.7. The topological polar surface area (TPSA) is 55.1 Å². The first kappa shape index (κ1) is 40.6. The summed E-state index contributed by atoms with van der Waals surface area (Å²) >= 11 is 0. The molecule has 0 aromatic rings. The van der Waals surface area contributed by atoms with Crippen LogP contribution in [0.3, 0.4) is 0 Å². The molecule has 246 valence electrons. The summed E-state index contributed by atoms with van der Waals surface area (Å²) in [5.41, 5.74) is 5.34. The van der Waals surface area contributed by atoms with Gasteiger partial charge in [0, 0.05) is 6.42 Å². The van der Waals surface area contributed by atoms with E-state index in [1.54, 1.807) is 0 Å². The number of nitrogens with one attached hydrogen (secondary N) is 1. The van der Waals surface area contributed by atoms with Crippen LogP contribution in [0.15, 0.2) is 0 Å². The largest absolute Gasteiger partial charge is 0.324 e. The highest BCUT2D eigenvalue weighted by Crippen LogP contribution is 2.15. The van der Waals surface area contributed by atoms with Gasteiger partial charge in [0.1, 0.15) is 5.78 Å². The maximum atomic E-state index is 11.2. The van der Waals surface area contributed by atoms with Crippen LogP contribution in [0, 0.1) is 0 Å². The summed E-state index contributed by atoms with van der Waals surface area (Å²) in [7, 11) is 0. The molecule has 0 aliphatic rings. The molecule has 3 nitrogen and oxygen atoms in total. The molecule has 0 saturated heterocycles. The van der Waals surface area contributed by atoms with E-state index in [2.05, 4.69) is 12.2 Å². The van der Waals surface area contributed by atoms with Gasteiger partial charge in [-0.05, 0) is 32.4 Å². The number of rotatable bonds is 37. The van der Waals surface area contributed by atoms with E-state index in [1.807, 2.05) is 0 Å². The van der Waals surface area contributed by atoms with Crippen molar-refractivity contribution in [2.24, 2.45) is 5.73 Å². The lowest BCUT2D eigenvalue weighted by Crippen LogP contribution is -2.16. The minimum Gasteiger partial charge on any atom is -0.324 e. The van der Waals surface area contributed by atoms with Crippen molar-refractivity contribution in [1.82, 2.24) is 5.32 Å². The number of Topliss-reactive ketones (excluding diaryl/α,β-unsaturated/α-hetero) is 1. The van der Waals surface area contributed by atoms with Crippen molar-refractivity contribution < 1.29 is 4.79 Å². The normalized spacial score (nSPS) is 11.5. The molecule has 0 amide bonds. The Morgan fingerprint density at radius 3 is 0.902 bits per heavy atom. The third-order valence-corrected chi connectivity index (χ3v) is 8.99. The van der Waals surface area contributed by atoms with Crippen molar-refractivity contribution in [2.45, 2.75) is 219 Å². The van der Waals surface area contributed by atoms with E-state index in [-0.39, 0.29) is 12.3 Å². The Morgan fingerprint density at radius 2 is 0.634 bits per heavy atom. The molecular formula is C38H78N2O. The molecule has 41 heavy (non-hydrogen) atoms. The van der Waals surface area contributed by atoms with Crippen molar-refractivity contribution in [3.63, 3.8) is 0 Å². The van der Waals surface area contributed by atoms with E-state index in [9.17, 15) is 4.79 Å². The molecule has 0 unspecified atom stereocenters. The number of ketones is 1. The van der Waals surface area contributed by atoms with Crippen LogP contribution in [0.4, 0.5) is 0 Å². The lowest BCUT2D eigenvalue weighted by atomic mass is 10.0. The first-order chi connectivity index (χ1) is 20.3. The summed E-state index contributed by atoms with van der Waals surface area (Å²) in [4.78, 5) is 11.2. The quantitative estimate of drug-likeness (QED) is 0.0721. The number of carbonyl (C=O) groups excluding carboxylic acids is 1. The van der Waals surface area contributed by atoms with Crippen LogP contribution >= 0.6 is 0 Å². The van der Waals surface area contributed by atoms with Crippen LogP contribution in [-0.2, 0) is 4.79 Å². The van der Waals surface area contributed by atoms with Crippen molar-refractivity contribution in [3.05, 3.63) is 0 Å². The minimum absolute atomic E-state index is 0.216. The van der Waals surface area contributed by atoms with Crippen LogP contribution in [0.5, 0.6) is 0 Å². The molecule has 0 radical (unpaired) electrons. The van der Waals surface area contributed by atoms with Gasteiger partial charge in [-0.15, -0.1) is 0 Å². The predicted octanol–water partition coefficient (Wildman–Crippen LogP) is 12.0. The van der Waals surface area contributed by atoms with Gasteiger partial charge < -0.3 is 11.1 Å². The van der Waals surface area contributed by atoms with Crippen LogP contribution in [0.25, 0.3) is 0 Å². The zero-order valence-electron chi connectivity index (χ0n) is 28.4. The molecule has 0 saturated carbocycles. The van der Waals surface area contributed by atoms with Gasteiger partial charge in [0.25, 0.3) is 0 Å². The summed E-state index contributed by atoms with van der Waals surface area (Å²) in [6, 6.07) is 0. The van der Waals surface area contributed by atoms with Crippen LogP contribution in [-0.4, -0.2) is 25.4 Å². The molecule has 0 aromatic heterocycles. The number of unbranched alkanes of at least 4 members (excludes halogenated alkanes) is 30. The molecule has 0 aromatic carbocycles. The second-order valence-electron chi connectivity index (χ2n) is 13.2. The molecule has 0 atom stereocenters. The second kappa shape index (κ2) is 37.6. The van der Waals surface area contributed by atoms with Gasteiger partial charge in [-0.1, -0.05) is 193 Å². The molecule has 0 fully saturated rings. The Balaban J connectivity index is 3.04. The van der Waals surface area contributed by atoms with Gasteiger partial charge in [-0.25, -0.2) is 0 Å². The van der Waals surface area contributed by atoms with Gasteiger partial charge in [0.15, 0.2) is 0 Å². The maximum absolute atomic E-state index is 11.2. The molecule has 0 rings (SSSR count). The van der Waals surface area contributed by atoms with Crippen molar-refractivity contribution in [3.8, 4) is 0 Å². The summed E-state index contributed by atoms with van der Waals surface area (Å²) in [5.74, 6) is 0.216. The average Bonchev–Trinajstić information content (AvgIpc) is 2.99. The lowest BCUT2D eigenvalue weighted by molar-refractivity contribution is -0.117. The fourth-order valence-electron chi connectivity index (χ4n) is 6.07. The molecule has 0 aliphatic carbocycles. The standard InChI is InChI=1S/C38H78N2O/c1-2-3-4-5-6-7-8-9-10-14-17-20-23-26-29-32-35-40-36-33-30-27-24-21-18-15-12-11-13-16-19-22-25-28-31-34-38(41)37-39/h40H,2-37,39H2,1H3. The summed E-state index contributed by atoms with van der Waals surface area (Å²) in [6.45, 7) is 4.98. The van der Waals surface area contributed by atoms with Crippen molar-refractivity contribution >= 4 is 5.78 Å². The van der Waals surface area contributed by atoms with Gasteiger partial charge in [-0.2, -0.15) is 0 Å². The highest BCUT2D eigenvalue weighted by Gasteiger charge is 1.99. The molecule has 0 heterocycles. The highest BCUT2D eigenvalue weighted by atomic mass is 16.1. The SMILES string of the molecule is CCCCCCCCCCCCCCCCCCNCCCCCCCCCCCCCCCCCCC(=O)CN. The fraction of sp³-hybridized carbons (Fsp3) is 0.974. The third-order valence-electron chi connectivity index (χ3n) is 8.99. The molecular weight excluding hydrogens is 500 g/mol. The number of carbonyl (C=O) groups is 1. The Kier molecular flexibility index (Phi) is 37.2. The maximum Gasteiger partial charge on any atom is 0.146 e. The number of hydrogen-bond donors (Lipinski definition) is 2. The van der Waals surface area contributed by atoms with Crippen LogP contribution in [0.1, 0.15) is 219 Å². The number of nitrogens with two attached hydrogens (primary N) is 1. The van der Waals surface area contributed by atoms with Gasteiger partial charge >= 0.3 is 0 Å². The first-order valence-corrected chi connectivity index (χ1v) is 19.2. The second-order valence-corrected chi connectivity index (χ2v) is 13.2. The van der Waals surface area contributed by atoms with Crippen molar-refractivity contribution in [2.75, 3.05) is 19.6 Å². The monoisotopic (exact) mass is 579 g/mol. The molecule has 0 bridgehead atoms. The van der Waals surface area contributed by atoms with Crippen molar-refractivity contribution in [1.29, 1.82) is 0 Å². The fourth-order valence-corrected chi connectivity index (χ4v) is 6.07. The first-order valence-electron chi connectivity index (χ1n) is 19.2. The summed E-state index contributed by atoms with van der Waals surface area (Å²) in [6.07, 6.45) is 45.8. The van der Waals surface area contributed by atoms with Gasteiger partial charge in [0.05, 0.1) is 6.54 Å². The Labute approximate surface area is 259 Å². The molecule has 3 N–H and O–H groups in total. The van der Waals surface area contributed by atoms with Gasteiger partial charge in [-0.3, -0.25) is 4.79 Å². The van der Waals surface area contributed by atoms with E-state index in [4.69, 9.17) is 5.73 Å². The lowest BCUT2D eigenvalue weighted by Gasteiger charge is -2.06. The van der Waals surface area contributed by atoms with E-state index in [0.29, 0.717) is 6.42 Å². The van der Waals surface area contributed by atoms with E-state index >= 15 is 0 Å². The molecule has 0 spiro atoms. The predicted molar refractivity (Wildman–Crippen MR) is 185 cm³/mol.